The van der Waals surface area contributed by atoms with Gasteiger partial charge in [0, 0.05) is 31.2 Å². The molecule has 176 valence electrons. The van der Waals surface area contributed by atoms with Crippen molar-refractivity contribution in [1.29, 1.82) is 0 Å². The molecule has 3 heterocycles. The summed E-state index contributed by atoms with van der Waals surface area (Å²) < 4.78 is 2.67. The van der Waals surface area contributed by atoms with E-state index in [1.807, 2.05) is 30.3 Å². The summed E-state index contributed by atoms with van der Waals surface area (Å²) in [6.45, 7) is 0.324. The van der Waals surface area contributed by atoms with Crippen LogP contribution >= 0.6 is 11.3 Å². The van der Waals surface area contributed by atoms with Crippen molar-refractivity contribution >= 4 is 33.7 Å². The summed E-state index contributed by atoms with van der Waals surface area (Å²) in [6, 6.07) is 10.6. The number of hydrogen-bond acceptors (Lipinski definition) is 8. The van der Waals surface area contributed by atoms with E-state index in [2.05, 4.69) is 9.97 Å². The molecule has 11 nitrogen and oxygen atoms in total. The number of benzene rings is 1. The van der Waals surface area contributed by atoms with Gasteiger partial charge in [0.05, 0.1) is 18.8 Å². The standard InChI is InChI=1S/C22H23N7O4S/c1-26(12-15-10-16(30)28-8-9-34-22(28)24-15)13-17(31)27(2)18-19(23)29(21(33)25-20(18)32)11-14-6-4-3-5-7-14/h3-10H,11-13,23H2,1-2H3,(H,25,32,33). The van der Waals surface area contributed by atoms with Crippen LogP contribution in [0.1, 0.15) is 11.3 Å². The summed E-state index contributed by atoms with van der Waals surface area (Å²) in [6.07, 6.45) is 1.65. The second-order valence-corrected chi connectivity index (χ2v) is 8.70. The average Bonchev–Trinajstić information content (AvgIpc) is 3.26. The molecule has 4 rings (SSSR count). The van der Waals surface area contributed by atoms with Crippen molar-refractivity contribution in [1.82, 2.24) is 23.8 Å². The van der Waals surface area contributed by atoms with Gasteiger partial charge in [-0.05, 0) is 12.6 Å². The molecule has 0 atom stereocenters. The molecule has 1 aromatic carbocycles. The van der Waals surface area contributed by atoms with Crippen molar-refractivity contribution in [3.05, 3.63) is 90.4 Å². The minimum Gasteiger partial charge on any atom is -0.383 e. The van der Waals surface area contributed by atoms with Crippen LogP contribution in [0.5, 0.6) is 0 Å². The lowest BCUT2D eigenvalue weighted by atomic mass is 10.2. The lowest BCUT2D eigenvalue weighted by Gasteiger charge is -2.23. The number of aromatic amines is 1. The van der Waals surface area contributed by atoms with Crippen LogP contribution in [0.2, 0.25) is 0 Å². The third-order valence-electron chi connectivity index (χ3n) is 5.30. The van der Waals surface area contributed by atoms with Gasteiger partial charge in [-0.3, -0.25) is 33.2 Å². The number of carbonyl (C=O) groups is 1. The van der Waals surface area contributed by atoms with Gasteiger partial charge in [0.1, 0.15) is 5.82 Å². The summed E-state index contributed by atoms with van der Waals surface area (Å²) in [5.41, 5.74) is 5.81. The normalized spacial score (nSPS) is 11.3. The summed E-state index contributed by atoms with van der Waals surface area (Å²) >= 11 is 1.34. The zero-order valence-electron chi connectivity index (χ0n) is 18.6. The third kappa shape index (κ3) is 4.67. The fourth-order valence-electron chi connectivity index (χ4n) is 3.59. The highest BCUT2D eigenvalue weighted by molar-refractivity contribution is 7.15. The number of nitrogens with two attached hydrogens (primary N) is 1. The first-order valence-electron chi connectivity index (χ1n) is 10.3. The summed E-state index contributed by atoms with van der Waals surface area (Å²) in [4.78, 5) is 60.1. The number of likely N-dealkylation sites (N-methyl/N-ethyl adjacent to an activating group) is 2. The molecule has 0 bridgehead atoms. The Morgan fingerprint density at radius 2 is 1.91 bits per heavy atom. The van der Waals surface area contributed by atoms with Crippen LogP contribution in [0, 0.1) is 0 Å². The zero-order valence-corrected chi connectivity index (χ0v) is 19.4. The molecule has 0 unspecified atom stereocenters. The maximum atomic E-state index is 12.9. The maximum Gasteiger partial charge on any atom is 0.330 e. The molecule has 3 N–H and O–H groups in total. The first kappa shape index (κ1) is 23.1. The van der Waals surface area contributed by atoms with Gasteiger partial charge >= 0.3 is 5.69 Å². The highest BCUT2D eigenvalue weighted by Crippen LogP contribution is 2.17. The Kier molecular flexibility index (Phi) is 6.43. The number of nitrogen functional groups attached to an aromatic ring is 1. The molecule has 4 aromatic rings. The van der Waals surface area contributed by atoms with Crippen LogP contribution in [0.15, 0.2) is 62.4 Å². The van der Waals surface area contributed by atoms with E-state index in [1.165, 1.54) is 33.4 Å². The number of fused-ring (bicyclic) bond motifs is 1. The topological polar surface area (TPSA) is 139 Å². The van der Waals surface area contributed by atoms with E-state index in [1.54, 1.807) is 23.5 Å². The monoisotopic (exact) mass is 481 g/mol. The van der Waals surface area contributed by atoms with E-state index in [9.17, 15) is 19.2 Å². The lowest BCUT2D eigenvalue weighted by molar-refractivity contribution is -0.119. The van der Waals surface area contributed by atoms with Gasteiger partial charge < -0.3 is 10.6 Å². The number of rotatable bonds is 7. The van der Waals surface area contributed by atoms with Crippen molar-refractivity contribution in [2.75, 3.05) is 31.3 Å². The number of H-pyrrole nitrogens is 1. The Morgan fingerprint density at radius 1 is 1.18 bits per heavy atom. The lowest BCUT2D eigenvalue weighted by Crippen LogP contribution is -2.42. The predicted octanol–water partition coefficient (Wildman–Crippen LogP) is 0.331. The molecule has 3 aromatic heterocycles. The average molecular weight is 482 g/mol. The number of nitrogens with one attached hydrogen (secondary N) is 1. The minimum atomic E-state index is -0.747. The van der Waals surface area contributed by atoms with E-state index in [0.717, 1.165) is 10.5 Å². The van der Waals surface area contributed by atoms with Crippen molar-refractivity contribution in [2.24, 2.45) is 0 Å². The highest BCUT2D eigenvalue weighted by atomic mass is 32.1. The number of aromatic nitrogens is 4. The van der Waals surface area contributed by atoms with Crippen LogP contribution < -0.4 is 27.4 Å². The molecule has 0 fully saturated rings. The quantitative estimate of drug-likeness (QED) is 0.388. The van der Waals surface area contributed by atoms with Crippen LogP contribution in [0.3, 0.4) is 0 Å². The zero-order chi connectivity index (χ0) is 24.4. The molecule has 0 aliphatic rings. The van der Waals surface area contributed by atoms with Gasteiger partial charge in [0.15, 0.2) is 10.6 Å². The number of thiazole rings is 1. The van der Waals surface area contributed by atoms with Gasteiger partial charge in [-0.15, -0.1) is 11.3 Å². The third-order valence-corrected chi connectivity index (χ3v) is 6.06. The number of nitrogens with zero attached hydrogens (tertiary/aromatic N) is 5. The van der Waals surface area contributed by atoms with Gasteiger partial charge in [-0.1, -0.05) is 30.3 Å². The molecule has 0 radical (unpaired) electrons. The highest BCUT2D eigenvalue weighted by Gasteiger charge is 2.22. The second kappa shape index (κ2) is 9.45. The number of anilines is 2. The SMILES string of the molecule is CN(CC(=O)N(C)c1c(N)n(Cc2ccccc2)c(=O)[nH]c1=O)Cc1cc(=O)n2ccsc2n1. The van der Waals surface area contributed by atoms with Crippen LogP contribution in [-0.4, -0.2) is 50.4 Å². The molecule has 34 heavy (non-hydrogen) atoms. The molecule has 0 saturated carbocycles. The Labute approximate surface area is 197 Å². The Morgan fingerprint density at radius 3 is 2.65 bits per heavy atom. The van der Waals surface area contributed by atoms with Crippen LogP contribution in [0.25, 0.3) is 4.96 Å². The Hall–Kier alpha value is -4.03. The second-order valence-electron chi connectivity index (χ2n) is 7.83. The number of amides is 1. The van der Waals surface area contributed by atoms with E-state index in [-0.39, 0.29) is 36.7 Å². The molecule has 0 aliphatic carbocycles. The minimum absolute atomic E-state index is 0.0708. The van der Waals surface area contributed by atoms with E-state index >= 15 is 0 Å². The van der Waals surface area contributed by atoms with Crippen molar-refractivity contribution in [3.63, 3.8) is 0 Å². The number of hydrogen-bond donors (Lipinski definition) is 2. The Bertz CT molecular complexity index is 1520. The van der Waals surface area contributed by atoms with Gasteiger partial charge in [-0.25, -0.2) is 9.78 Å². The summed E-state index contributed by atoms with van der Waals surface area (Å²) in [5.74, 6) is -0.521. The fourth-order valence-corrected chi connectivity index (χ4v) is 4.33. The van der Waals surface area contributed by atoms with Crippen molar-refractivity contribution < 1.29 is 4.79 Å². The van der Waals surface area contributed by atoms with Gasteiger partial charge in [0.2, 0.25) is 5.91 Å². The molecule has 12 heteroatoms. The first-order chi connectivity index (χ1) is 16.2. The molecular formula is C22H23N7O4S. The fraction of sp³-hybridized carbons (Fsp3) is 0.227. The van der Waals surface area contributed by atoms with Crippen molar-refractivity contribution in [3.8, 4) is 0 Å². The maximum absolute atomic E-state index is 12.9. The van der Waals surface area contributed by atoms with E-state index in [0.29, 0.717) is 10.7 Å². The molecule has 0 aliphatic heterocycles. The molecule has 0 saturated heterocycles. The van der Waals surface area contributed by atoms with E-state index < -0.39 is 17.2 Å². The van der Waals surface area contributed by atoms with Crippen molar-refractivity contribution in [2.45, 2.75) is 13.1 Å². The molecule has 1 amide bonds. The Balaban J connectivity index is 1.53. The molecular weight excluding hydrogens is 458 g/mol. The summed E-state index contributed by atoms with van der Waals surface area (Å²) in [7, 11) is 3.13. The summed E-state index contributed by atoms with van der Waals surface area (Å²) in [5, 5.41) is 1.77. The van der Waals surface area contributed by atoms with Gasteiger partial charge in [0.25, 0.3) is 11.1 Å². The molecule has 0 spiro atoms. The van der Waals surface area contributed by atoms with Crippen LogP contribution in [0.4, 0.5) is 11.5 Å². The van der Waals surface area contributed by atoms with E-state index in [4.69, 9.17) is 5.73 Å². The van der Waals surface area contributed by atoms with Crippen LogP contribution in [-0.2, 0) is 17.9 Å². The van der Waals surface area contributed by atoms with Gasteiger partial charge in [-0.2, -0.15) is 0 Å². The number of carbonyl (C=O) groups excluding carboxylic acids is 1. The predicted molar refractivity (Wildman–Crippen MR) is 130 cm³/mol. The first-order valence-corrected chi connectivity index (χ1v) is 11.2. The smallest absolute Gasteiger partial charge is 0.330 e. The largest absolute Gasteiger partial charge is 0.383 e.